The normalized spacial score (nSPS) is 18.6. The first-order valence-corrected chi connectivity index (χ1v) is 9.97. The number of rotatable bonds is 6. The number of benzene rings is 1. The van der Waals surface area contributed by atoms with Gasteiger partial charge in [0.05, 0.1) is 24.2 Å². The third kappa shape index (κ3) is 4.16. The minimum atomic E-state index is -3.11. The van der Waals surface area contributed by atoms with Gasteiger partial charge < -0.3 is 4.90 Å². The lowest BCUT2D eigenvalue weighted by Crippen LogP contribution is -2.41. The summed E-state index contributed by atoms with van der Waals surface area (Å²) in [4.78, 5) is 14.2. The highest BCUT2D eigenvalue weighted by atomic mass is 32.2. The highest BCUT2D eigenvalue weighted by Gasteiger charge is 2.35. The van der Waals surface area contributed by atoms with Crippen LogP contribution in [0.1, 0.15) is 22.5 Å². The Balaban J connectivity index is 1.74. The van der Waals surface area contributed by atoms with Crippen molar-refractivity contribution in [2.75, 3.05) is 18.1 Å². The summed E-state index contributed by atoms with van der Waals surface area (Å²) >= 11 is 0. The average molecular weight is 378 g/mol. The Morgan fingerprint density at radius 1 is 1.38 bits per heavy atom. The molecule has 0 aliphatic carbocycles. The van der Waals surface area contributed by atoms with Crippen LogP contribution in [0.5, 0.6) is 0 Å². The largest absolute Gasteiger partial charge is 0.329 e. The van der Waals surface area contributed by atoms with Crippen molar-refractivity contribution < 1.29 is 17.6 Å². The Bertz CT molecular complexity index is 908. The molecule has 1 aromatic carbocycles. The molecule has 7 nitrogen and oxygen atoms in total. The molecule has 0 bridgehead atoms. The number of aromatic nitrogens is 3. The van der Waals surface area contributed by atoms with E-state index in [4.69, 9.17) is 0 Å². The van der Waals surface area contributed by atoms with Crippen molar-refractivity contribution in [2.45, 2.75) is 19.0 Å². The zero-order valence-electron chi connectivity index (χ0n) is 14.1. The second-order valence-corrected chi connectivity index (χ2v) is 8.46. The van der Waals surface area contributed by atoms with E-state index in [2.05, 4.69) is 16.9 Å². The predicted molar refractivity (Wildman–Crippen MR) is 93.8 cm³/mol. The zero-order chi connectivity index (χ0) is 18.7. The van der Waals surface area contributed by atoms with E-state index < -0.39 is 9.84 Å². The SMILES string of the molecule is C=CCN(C(=O)c1cn(Cc2ccc(F)cc2)nn1)[C@H]1CCS(=O)(=O)C1. The van der Waals surface area contributed by atoms with Crippen molar-refractivity contribution in [1.29, 1.82) is 0 Å². The van der Waals surface area contributed by atoms with Crippen molar-refractivity contribution in [3.63, 3.8) is 0 Å². The molecule has 1 aliphatic heterocycles. The quantitative estimate of drug-likeness (QED) is 0.707. The zero-order valence-corrected chi connectivity index (χ0v) is 14.9. The monoisotopic (exact) mass is 378 g/mol. The Hall–Kier alpha value is -2.55. The molecule has 26 heavy (non-hydrogen) atoms. The Morgan fingerprint density at radius 3 is 2.73 bits per heavy atom. The van der Waals surface area contributed by atoms with Crippen LogP contribution < -0.4 is 0 Å². The lowest BCUT2D eigenvalue weighted by Gasteiger charge is -2.25. The van der Waals surface area contributed by atoms with Crippen LogP contribution in [0.3, 0.4) is 0 Å². The number of sulfone groups is 1. The van der Waals surface area contributed by atoms with Crippen LogP contribution in [0.25, 0.3) is 0 Å². The molecule has 0 saturated carbocycles. The van der Waals surface area contributed by atoms with Gasteiger partial charge in [-0.2, -0.15) is 0 Å². The molecule has 138 valence electrons. The second kappa shape index (κ2) is 7.36. The van der Waals surface area contributed by atoms with E-state index in [1.807, 2.05) is 0 Å². The average Bonchev–Trinajstić information content (AvgIpc) is 3.20. The summed E-state index contributed by atoms with van der Waals surface area (Å²) in [6.45, 7) is 4.22. The van der Waals surface area contributed by atoms with Crippen LogP contribution in [-0.4, -0.2) is 58.3 Å². The lowest BCUT2D eigenvalue weighted by atomic mass is 10.2. The molecule has 0 N–H and O–H groups in total. The summed E-state index contributed by atoms with van der Waals surface area (Å²) < 4.78 is 37.9. The van der Waals surface area contributed by atoms with E-state index in [0.29, 0.717) is 13.0 Å². The van der Waals surface area contributed by atoms with Gasteiger partial charge in [0, 0.05) is 12.6 Å². The van der Waals surface area contributed by atoms with E-state index in [0.717, 1.165) is 5.56 Å². The molecule has 2 heterocycles. The van der Waals surface area contributed by atoms with Crippen LogP contribution in [0.2, 0.25) is 0 Å². The van der Waals surface area contributed by atoms with Crippen LogP contribution in [0.15, 0.2) is 43.1 Å². The number of hydrogen-bond donors (Lipinski definition) is 0. The third-order valence-corrected chi connectivity index (χ3v) is 6.00. The van der Waals surface area contributed by atoms with E-state index in [9.17, 15) is 17.6 Å². The molecular formula is C17H19FN4O3S. The first kappa shape index (κ1) is 18.2. The van der Waals surface area contributed by atoms with Crippen molar-refractivity contribution >= 4 is 15.7 Å². The molecule has 0 spiro atoms. The third-order valence-electron chi connectivity index (χ3n) is 4.25. The maximum atomic E-state index is 13.0. The van der Waals surface area contributed by atoms with Crippen molar-refractivity contribution in [1.82, 2.24) is 19.9 Å². The van der Waals surface area contributed by atoms with Gasteiger partial charge in [-0.25, -0.2) is 17.5 Å². The fraction of sp³-hybridized carbons (Fsp3) is 0.353. The van der Waals surface area contributed by atoms with E-state index in [1.165, 1.54) is 27.9 Å². The summed E-state index contributed by atoms with van der Waals surface area (Å²) in [6, 6.07) is 5.58. The number of carbonyl (C=O) groups excluding carboxylic acids is 1. The van der Waals surface area contributed by atoms with Gasteiger partial charge in [-0.05, 0) is 24.1 Å². The van der Waals surface area contributed by atoms with E-state index in [1.54, 1.807) is 18.2 Å². The molecule has 0 radical (unpaired) electrons. The molecule has 2 aromatic rings. The molecule has 1 aliphatic rings. The summed E-state index contributed by atoms with van der Waals surface area (Å²) in [5.41, 5.74) is 0.957. The van der Waals surface area contributed by atoms with Gasteiger partial charge in [0.1, 0.15) is 5.82 Å². The molecule has 3 rings (SSSR count). The van der Waals surface area contributed by atoms with Crippen molar-refractivity contribution in [3.05, 3.63) is 60.2 Å². The summed E-state index contributed by atoms with van der Waals surface area (Å²) in [5, 5.41) is 7.84. The molecular weight excluding hydrogens is 359 g/mol. The van der Waals surface area contributed by atoms with Gasteiger partial charge in [0.15, 0.2) is 15.5 Å². The van der Waals surface area contributed by atoms with Crippen LogP contribution in [-0.2, 0) is 16.4 Å². The molecule has 1 fully saturated rings. The molecule has 1 atom stereocenters. The predicted octanol–water partition coefficient (Wildman–Crippen LogP) is 1.28. The molecule has 0 unspecified atom stereocenters. The van der Waals surface area contributed by atoms with Gasteiger partial charge in [0.2, 0.25) is 0 Å². The fourth-order valence-corrected chi connectivity index (χ4v) is 4.69. The maximum absolute atomic E-state index is 13.0. The highest BCUT2D eigenvalue weighted by molar-refractivity contribution is 7.91. The van der Waals surface area contributed by atoms with Crippen molar-refractivity contribution in [3.8, 4) is 0 Å². The Morgan fingerprint density at radius 2 is 2.12 bits per heavy atom. The molecule has 1 amide bonds. The number of nitrogens with zero attached hydrogens (tertiary/aromatic N) is 4. The Kier molecular flexibility index (Phi) is 5.17. The number of halogens is 1. The topological polar surface area (TPSA) is 85.2 Å². The van der Waals surface area contributed by atoms with Crippen molar-refractivity contribution in [2.24, 2.45) is 0 Å². The minimum Gasteiger partial charge on any atom is -0.329 e. The van der Waals surface area contributed by atoms with Crippen LogP contribution >= 0.6 is 0 Å². The maximum Gasteiger partial charge on any atom is 0.276 e. The molecule has 1 aromatic heterocycles. The molecule has 1 saturated heterocycles. The summed E-state index contributed by atoms with van der Waals surface area (Å²) in [7, 11) is -3.11. The van der Waals surface area contributed by atoms with E-state index in [-0.39, 0.29) is 41.5 Å². The summed E-state index contributed by atoms with van der Waals surface area (Å²) in [5.74, 6) is -0.668. The van der Waals surface area contributed by atoms with Gasteiger partial charge in [-0.3, -0.25) is 4.79 Å². The van der Waals surface area contributed by atoms with E-state index >= 15 is 0 Å². The lowest BCUT2D eigenvalue weighted by molar-refractivity contribution is 0.0714. The summed E-state index contributed by atoms with van der Waals surface area (Å²) in [6.07, 6.45) is 3.47. The van der Waals surface area contributed by atoms with Crippen LogP contribution in [0, 0.1) is 5.82 Å². The van der Waals surface area contributed by atoms with Gasteiger partial charge in [-0.1, -0.05) is 23.4 Å². The number of carbonyl (C=O) groups is 1. The number of amides is 1. The minimum absolute atomic E-state index is 0.0453. The van der Waals surface area contributed by atoms with Gasteiger partial charge >= 0.3 is 0 Å². The Labute approximate surface area is 151 Å². The fourth-order valence-electron chi connectivity index (χ4n) is 2.96. The first-order valence-electron chi connectivity index (χ1n) is 8.15. The second-order valence-electron chi connectivity index (χ2n) is 6.23. The smallest absolute Gasteiger partial charge is 0.276 e. The first-order chi connectivity index (χ1) is 12.4. The standard InChI is InChI=1S/C17H19FN4O3S/c1-2-8-22(15-7-9-26(24,25)12-15)17(23)16-11-21(20-19-16)10-13-3-5-14(18)6-4-13/h2-6,11,15H,1,7-10,12H2/t15-/m0/s1. The van der Waals surface area contributed by atoms with Gasteiger partial charge in [0.25, 0.3) is 5.91 Å². The van der Waals surface area contributed by atoms with Gasteiger partial charge in [-0.15, -0.1) is 11.7 Å². The molecule has 9 heteroatoms. The van der Waals surface area contributed by atoms with Crippen LogP contribution in [0.4, 0.5) is 4.39 Å². The highest BCUT2D eigenvalue weighted by Crippen LogP contribution is 2.19. The number of hydrogen-bond acceptors (Lipinski definition) is 5.